The van der Waals surface area contributed by atoms with Gasteiger partial charge in [-0.2, -0.15) is 5.26 Å². The molecule has 7 heteroatoms. The number of nitriles is 1. The third-order valence-corrected chi connectivity index (χ3v) is 2.58. The third-order valence-electron chi connectivity index (χ3n) is 2.58. The van der Waals surface area contributed by atoms with Gasteiger partial charge in [0.25, 0.3) is 5.69 Å². The molecule has 1 rings (SSSR count). The summed E-state index contributed by atoms with van der Waals surface area (Å²) < 4.78 is 5.42. The number of aromatic nitrogens is 1. The van der Waals surface area contributed by atoms with E-state index in [2.05, 4.69) is 24.1 Å². The van der Waals surface area contributed by atoms with Crippen molar-refractivity contribution in [1.29, 1.82) is 5.26 Å². The first-order valence-electron chi connectivity index (χ1n) is 6.40. The molecule has 0 bridgehead atoms. The van der Waals surface area contributed by atoms with Crippen molar-refractivity contribution in [2.75, 3.05) is 25.1 Å². The molecule has 0 fully saturated rings. The molecular formula is C13H18N4O3. The van der Waals surface area contributed by atoms with Crippen LogP contribution in [0.3, 0.4) is 0 Å². The zero-order valence-electron chi connectivity index (χ0n) is 11.6. The summed E-state index contributed by atoms with van der Waals surface area (Å²) in [5, 5.41) is 22.5. The second kappa shape index (κ2) is 8.07. The van der Waals surface area contributed by atoms with Crippen molar-refractivity contribution in [3.63, 3.8) is 0 Å². The molecule has 0 radical (unpaired) electrons. The Morgan fingerprint density at radius 1 is 1.55 bits per heavy atom. The van der Waals surface area contributed by atoms with E-state index in [9.17, 15) is 10.1 Å². The highest BCUT2D eigenvalue weighted by Crippen LogP contribution is 2.17. The van der Waals surface area contributed by atoms with E-state index < -0.39 is 4.92 Å². The van der Waals surface area contributed by atoms with E-state index in [0.717, 1.165) is 12.6 Å². The minimum Gasteiger partial charge on any atom is -0.380 e. The Bertz CT molecular complexity index is 497. The molecule has 0 atom stereocenters. The molecule has 0 aliphatic carbocycles. The number of ether oxygens (including phenoxy) is 1. The lowest BCUT2D eigenvalue weighted by atomic mass is 10.1. The quantitative estimate of drug-likeness (QED) is 0.445. The van der Waals surface area contributed by atoms with Crippen LogP contribution in [0.4, 0.5) is 11.5 Å². The van der Waals surface area contributed by atoms with Crippen molar-refractivity contribution in [3.8, 4) is 6.07 Å². The summed E-state index contributed by atoms with van der Waals surface area (Å²) in [5.41, 5.74) is -0.0401. The van der Waals surface area contributed by atoms with Crippen molar-refractivity contribution < 1.29 is 9.66 Å². The van der Waals surface area contributed by atoms with Crippen molar-refractivity contribution >= 4 is 11.5 Å². The van der Waals surface area contributed by atoms with Gasteiger partial charge in [-0.3, -0.25) is 10.1 Å². The standard InChI is InChI=1S/C13H18N4O3/c1-10(2)3-5-20-6-4-15-13-11(8-14)7-12(9-16-13)17(18)19/h7,9-10H,3-6H2,1-2H3,(H,15,16). The van der Waals surface area contributed by atoms with E-state index in [-0.39, 0.29) is 11.3 Å². The van der Waals surface area contributed by atoms with Crippen LogP contribution in [-0.2, 0) is 4.74 Å². The minimum absolute atomic E-state index is 0.154. The molecule has 108 valence electrons. The number of anilines is 1. The summed E-state index contributed by atoms with van der Waals surface area (Å²) in [7, 11) is 0. The molecule has 0 saturated heterocycles. The summed E-state index contributed by atoms with van der Waals surface area (Å²) >= 11 is 0. The Labute approximate surface area is 117 Å². The van der Waals surface area contributed by atoms with Gasteiger partial charge in [0.1, 0.15) is 23.6 Å². The van der Waals surface area contributed by atoms with Crippen LogP contribution in [0.5, 0.6) is 0 Å². The van der Waals surface area contributed by atoms with Crippen molar-refractivity contribution in [2.24, 2.45) is 5.92 Å². The van der Waals surface area contributed by atoms with E-state index in [1.165, 1.54) is 6.07 Å². The molecule has 1 aromatic heterocycles. The van der Waals surface area contributed by atoms with Gasteiger partial charge in [0.2, 0.25) is 0 Å². The van der Waals surface area contributed by atoms with E-state index in [4.69, 9.17) is 10.00 Å². The molecule has 1 heterocycles. The fourth-order valence-corrected chi connectivity index (χ4v) is 1.44. The molecule has 20 heavy (non-hydrogen) atoms. The Hall–Kier alpha value is -2.20. The first-order valence-corrected chi connectivity index (χ1v) is 6.40. The van der Waals surface area contributed by atoms with Crippen molar-refractivity contribution in [1.82, 2.24) is 4.98 Å². The maximum atomic E-state index is 10.6. The highest BCUT2D eigenvalue weighted by Gasteiger charge is 2.11. The SMILES string of the molecule is CC(C)CCOCCNc1ncc([N+](=O)[O-])cc1C#N. The zero-order chi connectivity index (χ0) is 15.0. The number of nitrogens with one attached hydrogen (secondary N) is 1. The molecule has 0 aliphatic heterocycles. The third kappa shape index (κ3) is 5.20. The summed E-state index contributed by atoms with van der Waals surface area (Å²) in [5.74, 6) is 0.940. The smallest absolute Gasteiger partial charge is 0.289 e. The van der Waals surface area contributed by atoms with E-state index in [1.54, 1.807) is 0 Å². The summed E-state index contributed by atoms with van der Waals surface area (Å²) in [4.78, 5) is 13.9. The molecule has 7 nitrogen and oxygen atoms in total. The Kier molecular flexibility index (Phi) is 6.40. The molecule has 0 aliphatic rings. The summed E-state index contributed by atoms with van der Waals surface area (Å²) in [6, 6.07) is 3.09. The van der Waals surface area contributed by atoms with Gasteiger partial charge in [0, 0.05) is 19.2 Å². The van der Waals surface area contributed by atoms with Gasteiger partial charge < -0.3 is 10.1 Å². The molecular weight excluding hydrogens is 260 g/mol. The number of nitro groups is 1. The normalized spacial score (nSPS) is 10.3. The van der Waals surface area contributed by atoms with Crippen molar-refractivity contribution in [3.05, 3.63) is 27.9 Å². The fourth-order valence-electron chi connectivity index (χ4n) is 1.44. The molecule has 0 aromatic carbocycles. The molecule has 0 saturated carbocycles. The molecule has 0 amide bonds. The maximum absolute atomic E-state index is 10.6. The van der Waals surface area contributed by atoms with Crippen LogP contribution in [0.15, 0.2) is 12.3 Å². The van der Waals surface area contributed by atoms with Gasteiger partial charge in [0.15, 0.2) is 0 Å². The van der Waals surface area contributed by atoms with E-state index in [0.29, 0.717) is 31.5 Å². The molecule has 0 unspecified atom stereocenters. The fraction of sp³-hybridized carbons (Fsp3) is 0.538. The number of pyridine rings is 1. The van der Waals surface area contributed by atoms with Gasteiger partial charge in [-0.15, -0.1) is 0 Å². The molecule has 1 N–H and O–H groups in total. The Balaban J connectivity index is 2.44. The van der Waals surface area contributed by atoms with Crippen LogP contribution in [0, 0.1) is 27.4 Å². The Morgan fingerprint density at radius 3 is 2.90 bits per heavy atom. The van der Waals surface area contributed by atoms with Crippen LogP contribution >= 0.6 is 0 Å². The summed E-state index contributed by atoms with van der Waals surface area (Å²) in [6.45, 7) is 5.94. The van der Waals surface area contributed by atoms with Gasteiger partial charge in [0.05, 0.1) is 11.5 Å². The number of nitrogens with zero attached hydrogens (tertiary/aromatic N) is 3. The van der Waals surface area contributed by atoms with Crippen LogP contribution in [0.1, 0.15) is 25.8 Å². The van der Waals surface area contributed by atoms with Gasteiger partial charge in [-0.1, -0.05) is 13.8 Å². The minimum atomic E-state index is -0.577. The lowest BCUT2D eigenvalue weighted by Crippen LogP contribution is -2.12. The predicted molar refractivity (Wildman–Crippen MR) is 74.4 cm³/mol. The first-order chi connectivity index (χ1) is 9.54. The second-order valence-electron chi connectivity index (χ2n) is 4.68. The van der Waals surface area contributed by atoms with Crippen LogP contribution in [0.25, 0.3) is 0 Å². The first kappa shape index (κ1) is 15.9. The summed E-state index contributed by atoms with van der Waals surface area (Å²) in [6.07, 6.45) is 2.13. The number of hydrogen-bond donors (Lipinski definition) is 1. The second-order valence-corrected chi connectivity index (χ2v) is 4.68. The highest BCUT2D eigenvalue weighted by molar-refractivity contribution is 5.55. The highest BCUT2D eigenvalue weighted by atomic mass is 16.6. The van der Waals surface area contributed by atoms with Gasteiger partial charge in [-0.05, 0) is 12.3 Å². The van der Waals surface area contributed by atoms with Crippen molar-refractivity contribution in [2.45, 2.75) is 20.3 Å². The molecule has 1 aromatic rings. The van der Waals surface area contributed by atoms with Crippen LogP contribution < -0.4 is 5.32 Å². The zero-order valence-corrected chi connectivity index (χ0v) is 11.6. The lowest BCUT2D eigenvalue weighted by Gasteiger charge is -2.08. The van der Waals surface area contributed by atoms with Crippen LogP contribution in [-0.4, -0.2) is 29.7 Å². The topological polar surface area (TPSA) is 101 Å². The monoisotopic (exact) mass is 278 g/mol. The number of hydrogen-bond acceptors (Lipinski definition) is 6. The average molecular weight is 278 g/mol. The van der Waals surface area contributed by atoms with Gasteiger partial charge in [-0.25, -0.2) is 4.98 Å². The van der Waals surface area contributed by atoms with Crippen LogP contribution in [0.2, 0.25) is 0 Å². The van der Waals surface area contributed by atoms with E-state index in [1.807, 2.05) is 6.07 Å². The van der Waals surface area contributed by atoms with E-state index >= 15 is 0 Å². The maximum Gasteiger partial charge on any atom is 0.289 e. The lowest BCUT2D eigenvalue weighted by molar-refractivity contribution is -0.385. The van der Waals surface area contributed by atoms with Gasteiger partial charge >= 0.3 is 0 Å². The average Bonchev–Trinajstić information content (AvgIpc) is 2.42. The Morgan fingerprint density at radius 2 is 2.30 bits per heavy atom. The number of rotatable bonds is 8. The predicted octanol–water partition coefficient (Wildman–Crippen LogP) is 2.34. The molecule has 0 spiro atoms. The largest absolute Gasteiger partial charge is 0.380 e.